The SMILES string of the molecule is N/N=C\N(N)c1ccc(Cl)cc1C(=O)O. The van der Waals surface area contributed by atoms with Crippen molar-refractivity contribution in [1.29, 1.82) is 0 Å². The first-order chi connectivity index (χ1) is 7.06. The Morgan fingerprint density at radius 2 is 2.27 bits per heavy atom. The number of aromatic carboxylic acids is 1. The number of rotatable bonds is 3. The standard InChI is InChI=1S/C8H9ClN4O2/c9-5-1-2-7(13(11)4-12-10)6(3-5)8(14)15/h1-4H,10-11H2,(H,14,15)/b12-4-. The topological polar surface area (TPSA) is 105 Å². The summed E-state index contributed by atoms with van der Waals surface area (Å²) in [5, 5.41) is 13.4. The van der Waals surface area contributed by atoms with E-state index in [-0.39, 0.29) is 11.3 Å². The predicted octanol–water partition coefficient (Wildman–Crippen LogP) is 0.620. The molecule has 1 aromatic rings. The number of anilines is 1. The number of carboxylic acid groups (broad SMARTS) is 1. The summed E-state index contributed by atoms with van der Waals surface area (Å²) in [5.74, 6) is 9.26. The molecule has 0 radical (unpaired) electrons. The van der Waals surface area contributed by atoms with Crippen molar-refractivity contribution in [3.05, 3.63) is 28.8 Å². The third-order valence-electron chi connectivity index (χ3n) is 1.66. The van der Waals surface area contributed by atoms with Gasteiger partial charge in [-0.15, -0.1) is 0 Å². The van der Waals surface area contributed by atoms with Crippen molar-refractivity contribution >= 4 is 29.6 Å². The molecule has 0 fully saturated rings. The Labute approximate surface area is 90.7 Å². The molecule has 0 atom stereocenters. The molecule has 0 aliphatic heterocycles. The van der Waals surface area contributed by atoms with Gasteiger partial charge in [-0.3, -0.25) is 5.01 Å². The van der Waals surface area contributed by atoms with Crippen LogP contribution in [0, 0.1) is 0 Å². The Balaban J connectivity index is 3.22. The Bertz CT molecular complexity index is 408. The van der Waals surface area contributed by atoms with Gasteiger partial charge in [-0.1, -0.05) is 11.6 Å². The van der Waals surface area contributed by atoms with Crippen LogP contribution in [0.4, 0.5) is 5.69 Å². The number of carbonyl (C=O) groups is 1. The lowest BCUT2D eigenvalue weighted by Crippen LogP contribution is -2.31. The molecule has 5 N–H and O–H groups in total. The first kappa shape index (κ1) is 11.3. The number of nitrogens with two attached hydrogens (primary N) is 2. The normalized spacial score (nSPS) is 10.5. The van der Waals surface area contributed by atoms with E-state index >= 15 is 0 Å². The lowest BCUT2D eigenvalue weighted by Gasteiger charge is -2.14. The highest BCUT2D eigenvalue weighted by Gasteiger charge is 2.13. The van der Waals surface area contributed by atoms with Crippen LogP contribution >= 0.6 is 11.6 Å². The predicted molar refractivity (Wildman–Crippen MR) is 57.8 cm³/mol. The zero-order chi connectivity index (χ0) is 11.4. The summed E-state index contributed by atoms with van der Waals surface area (Å²) < 4.78 is 0. The number of halogens is 1. The van der Waals surface area contributed by atoms with Gasteiger partial charge in [-0.05, 0) is 18.2 Å². The third-order valence-corrected chi connectivity index (χ3v) is 1.89. The molecular weight excluding hydrogens is 220 g/mol. The van der Waals surface area contributed by atoms with Crippen molar-refractivity contribution in [3.8, 4) is 0 Å². The second kappa shape index (κ2) is 4.63. The molecule has 0 aliphatic carbocycles. The Kier molecular flexibility index (Phi) is 3.48. The van der Waals surface area contributed by atoms with E-state index in [1.54, 1.807) is 0 Å². The van der Waals surface area contributed by atoms with E-state index in [1.807, 2.05) is 0 Å². The van der Waals surface area contributed by atoms with Gasteiger partial charge < -0.3 is 10.9 Å². The smallest absolute Gasteiger partial charge is 0.337 e. The van der Waals surface area contributed by atoms with E-state index in [1.165, 1.54) is 18.2 Å². The molecule has 0 aromatic heterocycles. The maximum absolute atomic E-state index is 10.9. The molecule has 0 unspecified atom stereocenters. The lowest BCUT2D eigenvalue weighted by atomic mass is 10.2. The quantitative estimate of drug-likeness (QED) is 0.304. The third kappa shape index (κ3) is 2.58. The molecule has 7 heteroatoms. The largest absolute Gasteiger partial charge is 0.478 e. The average molecular weight is 229 g/mol. The fraction of sp³-hybridized carbons (Fsp3) is 0. The van der Waals surface area contributed by atoms with Crippen molar-refractivity contribution in [2.45, 2.75) is 0 Å². The van der Waals surface area contributed by atoms with Crippen LogP contribution in [0.5, 0.6) is 0 Å². The molecule has 1 rings (SSSR count). The van der Waals surface area contributed by atoms with E-state index in [0.29, 0.717) is 5.02 Å². The molecule has 0 heterocycles. The molecule has 0 saturated heterocycles. The number of benzene rings is 1. The Morgan fingerprint density at radius 3 is 2.80 bits per heavy atom. The average Bonchev–Trinajstić information content (AvgIpc) is 2.17. The lowest BCUT2D eigenvalue weighted by molar-refractivity contribution is 0.0697. The molecule has 80 valence electrons. The van der Waals surface area contributed by atoms with Crippen LogP contribution in [-0.4, -0.2) is 17.4 Å². The van der Waals surface area contributed by atoms with Crippen molar-refractivity contribution in [2.24, 2.45) is 16.8 Å². The van der Waals surface area contributed by atoms with E-state index in [4.69, 9.17) is 28.4 Å². The highest BCUT2D eigenvalue weighted by Crippen LogP contribution is 2.22. The summed E-state index contributed by atoms with van der Waals surface area (Å²) >= 11 is 5.66. The minimum Gasteiger partial charge on any atom is -0.478 e. The van der Waals surface area contributed by atoms with E-state index < -0.39 is 5.97 Å². The van der Waals surface area contributed by atoms with E-state index in [9.17, 15) is 4.79 Å². The highest BCUT2D eigenvalue weighted by molar-refractivity contribution is 6.31. The second-order valence-electron chi connectivity index (χ2n) is 2.64. The molecule has 0 amide bonds. The number of hydrogen-bond donors (Lipinski definition) is 3. The van der Waals surface area contributed by atoms with Gasteiger partial charge in [-0.2, -0.15) is 5.10 Å². The molecule has 0 aliphatic rings. The minimum absolute atomic E-state index is 0.0232. The van der Waals surface area contributed by atoms with Gasteiger partial charge >= 0.3 is 5.97 Å². The molecule has 0 saturated carbocycles. The maximum atomic E-state index is 10.9. The fourth-order valence-electron chi connectivity index (χ4n) is 1.04. The van der Waals surface area contributed by atoms with Crippen LogP contribution in [-0.2, 0) is 0 Å². The van der Waals surface area contributed by atoms with Crippen molar-refractivity contribution in [2.75, 3.05) is 5.01 Å². The second-order valence-corrected chi connectivity index (χ2v) is 3.07. The van der Waals surface area contributed by atoms with Crippen LogP contribution in [0.25, 0.3) is 0 Å². The van der Waals surface area contributed by atoms with Gasteiger partial charge in [0.25, 0.3) is 0 Å². The van der Waals surface area contributed by atoms with Crippen LogP contribution in [0.2, 0.25) is 5.02 Å². The summed E-state index contributed by atoms with van der Waals surface area (Å²) in [5.41, 5.74) is 0.228. The summed E-state index contributed by atoms with van der Waals surface area (Å²) in [6.45, 7) is 0. The van der Waals surface area contributed by atoms with Gasteiger partial charge in [0, 0.05) is 5.02 Å². The number of hydrazine groups is 1. The molecule has 1 aromatic carbocycles. The summed E-state index contributed by atoms with van der Waals surface area (Å²) in [6.07, 6.45) is 1.09. The van der Waals surface area contributed by atoms with Crippen molar-refractivity contribution in [3.63, 3.8) is 0 Å². The number of carboxylic acids is 1. The summed E-state index contributed by atoms with van der Waals surface area (Å²) in [4.78, 5) is 10.9. The van der Waals surface area contributed by atoms with Crippen molar-refractivity contribution < 1.29 is 9.90 Å². The van der Waals surface area contributed by atoms with Crippen LogP contribution < -0.4 is 16.7 Å². The first-order valence-corrected chi connectivity index (χ1v) is 4.24. The van der Waals surface area contributed by atoms with Gasteiger partial charge in [-0.25, -0.2) is 10.6 Å². The van der Waals surface area contributed by atoms with Gasteiger partial charge in [0.2, 0.25) is 0 Å². The number of nitrogens with zero attached hydrogens (tertiary/aromatic N) is 2. The highest BCUT2D eigenvalue weighted by atomic mass is 35.5. The molecule has 0 spiro atoms. The van der Waals surface area contributed by atoms with Crippen molar-refractivity contribution in [1.82, 2.24) is 0 Å². The zero-order valence-corrected chi connectivity index (χ0v) is 8.35. The van der Waals surface area contributed by atoms with Gasteiger partial charge in [0.15, 0.2) is 0 Å². The Hall–Kier alpha value is -1.79. The van der Waals surface area contributed by atoms with Crippen LogP contribution in [0.15, 0.2) is 23.3 Å². The maximum Gasteiger partial charge on any atom is 0.337 e. The molecule has 15 heavy (non-hydrogen) atoms. The number of hydrogen-bond acceptors (Lipinski definition) is 4. The van der Waals surface area contributed by atoms with Gasteiger partial charge in [0.1, 0.15) is 6.34 Å². The minimum atomic E-state index is -1.13. The number of hydrazone groups is 1. The Morgan fingerprint density at radius 1 is 1.60 bits per heavy atom. The molecular formula is C8H9ClN4O2. The van der Waals surface area contributed by atoms with Crippen LogP contribution in [0.1, 0.15) is 10.4 Å². The van der Waals surface area contributed by atoms with E-state index in [0.717, 1.165) is 11.3 Å². The van der Waals surface area contributed by atoms with Gasteiger partial charge in [0.05, 0.1) is 11.3 Å². The van der Waals surface area contributed by atoms with Crippen LogP contribution in [0.3, 0.4) is 0 Å². The summed E-state index contributed by atoms with van der Waals surface area (Å²) in [6, 6.07) is 4.28. The monoisotopic (exact) mass is 228 g/mol. The molecule has 6 nitrogen and oxygen atoms in total. The first-order valence-electron chi connectivity index (χ1n) is 3.86. The summed E-state index contributed by atoms with van der Waals surface area (Å²) in [7, 11) is 0. The zero-order valence-electron chi connectivity index (χ0n) is 7.59. The van der Waals surface area contributed by atoms with E-state index in [2.05, 4.69) is 5.10 Å². The molecule has 0 bridgehead atoms. The fourth-order valence-corrected chi connectivity index (χ4v) is 1.21.